The minimum atomic E-state index is -0.135. The van der Waals surface area contributed by atoms with Crippen LogP contribution in [-0.2, 0) is 0 Å². The lowest BCUT2D eigenvalue weighted by atomic mass is 9.75. The molecular formula is C16H22FNS. The van der Waals surface area contributed by atoms with Crippen molar-refractivity contribution in [3.8, 4) is 0 Å². The molecule has 0 atom stereocenters. The molecule has 0 heterocycles. The largest absolute Gasteiger partial charge is 0.313 e. The average molecular weight is 279 g/mol. The van der Waals surface area contributed by atoms with Gasteiger partial charge in [0, 0.05) is 17.3 Å². The lowest BCUT2D eigenvalue weighted by molar-refractivity contribution is 0.256. The van der Waals surface area contributed by atoms with E-state index in [0.29, 0.717) is 16.7 Å². The number of thioether (sulfide) groups is 1. The summed E-state index contributed by atoms with van der Waals surface area (Å²) in [7, 11) is 0. The maximum Gasteiger partial charge on any atom is 0.123 e. The van der Waals surface area contributed by atoms with Crippen molar-refractivity contribution in [2.24, 2.45) is 0 Å². The first-order valence-corrected chi connectivity index (χ1v) is 8.47. The van der Waals surface area contributed by atoms with E-state index in [9.17, 15) is 4.39 Å². The number of nitrogens with one attached hydrogen (secondary N) is 1. The number of benzene rings is 1. The first kappa shape index (κ1) is 13.4. The molecule has 0 unspecified atom stereocenters. The summed E-state index contributed by atoms with van der Waals surface area (Å²) in [4.78, 5) is 0. The van der Waals surface area contributed by atoms with E-state index in [0.717, 1.165) is 6.54 Å². The molecule has 1 nitrogen and oxygen atoms in total. The van der Waals surface area contributed by atoms with Gasteiger partial charge in [-0.2, -0.15) is 11.8 Å². The highest BCUT2D eigenvalue weighted by molar-refractivity contribution is 8.00. The first-order chi connectivity index (χ1) is 9.21. The Morgan fingerprint density at radius 3 is 2.47 bits per heavy atom. The lowest BCUT2D eigenvalue weighted by Gasteiger charge is -2.44. The molecule has 0 aliphatic heterocycles. The fourth-order valence-corrected chi connectivity index (χ4v) is 4.07. The number of halogens is 1. The molecule has 0 saturated heterocycles. The Hall–Kier alpha value is -0.540. The zero-order valence-electron chi connectivity index (χ0n) is 11.5. The van der Waals surface area contributed by atoms with Gasteiger partial charge in [-0.3, -0.25) is 0 Å². The van der Waals surface area contributed by atoms with Crippen LogP contribution in [0.15, 0.2) is 24.3 Å². The SMILES string of the molecule is CSC1(CNC2CC(c3ccc(F)cc3)C2)CCC1. The first-order valence-electron chi connectivity index (χ1n) is 7.25. The zero-order valence-corrected chi connectivity index (χ0v) is 12.3. The smallest absolute Gasteiger partial charge is 0.123 e. The molecule has 2 aliphatic carbocycles. The molecular weight excluding hydrogens is 257 g/mol. The third kappa shape index (κ3) is 2.82. The third-order valence-corrected chi connectivity index (χ3v) is 6.31. The molecule has 2 saturated carbocycles. The summed E-state index contributed by atoms with van der Waals surface area (Å²) in [6.45, 7) is 1.16. The molecule has 2 aliphatic rings. The molecule has 0 radical (unpaired) electrons. The highest BCUT2D eigenvalue weighted by atomic mass is 32.2. The van der Waals surface area contributed by atoms with E-state index in [2.05, 4.69) is 11.6 Å². The minimum absolute atomic E-state index is 0.135. The second-order valence-corrected chi connectivity index (χ2v) is 7.31. The van der Waals surface area contributed by atoms with Crippen LogP contribution in [0.4, 0.5) is 4.39 Å². The second kappa shape index (κ2) is 5.45. The summed E-state index contributed by atoms with van der Waals surface area (Å²) in [6, 6.07) is 7.69. The third-order valence-electron chi connectivity index (χ3n) is 4.89. The molecule has 2 fully saturated rings. The van der Waals surface area contributed by atoms with Gasteiger partial charge in [-0.15, -0.1) is 0 Å². The summed E-state index contributed by atoms with van der Waals surface area (Å²) in [5.74, 6) is 0.495. The molecule has 1 aromatic rings. The van der Waals surface area contributed by atoms with Crippen molar-refractivity contribution in [2.45, 2.75) is 48.8 Å². The maximum absolute atomic E-state index is 12.9. The van der Waals surface area contributed by atoms with Crippen molar-refractivity contribution in [3.63, 3.8) is 0 Å². The van der Waals surface area contributed by atoms with Crippen LogP contribution < -0.4 is 5.32 Å². The second-order valence-electron chi connectivity index (χ2n) is 6.04. The lowest BCUT2D eigenvalue weighted by Crippen LogP contribution is -2.49. The van der Waals surface area contributed by atoms with Crippen LogP contribution in [0.3, 0.4) is 0 Å². The Balaban J connectivity index is 1.44. The Bertz CT molecular complexity index is 415. The van der Waals surface area contributed by atoms with Gasteiger partial charge in [-0.1, -0.05) is 18.6 Å². The van der Waals surface area contributed by atoms with Gasteiger partial charge in [0.25, 0.3) is 0 Å². The summed E-state index contributed by atoms with van der Waals surface area (Å²) in [6.07, 6.45) is 8.78. The summed E-state index contributed by atoms with van der Waals surface area (Å²) in [5, 5.41) is 3.73. The summed E-state index contributed by atoms with van der Waals surface area (Å²) < 4.78 is 13.4. The van der Waals surface area contributed by atoms with Crippen molar-refractivity contribution >= 4 is 11.8 Å². The van der Waals surface area contributed by atoms with E-state index < -0.39 is 0 Å². The molecule has 0 bridgehead atoms. The van der Waals surface area contributed by atoms with Crippen molar-refractivity contribution in [3.05, 3.63) is 35.6 Å². The summed E-state index contributed by atoms with van der Waals surface area (Å²) >= 11 is 2.03. The van der Waals surface area contributed by atoms with E-state index in [-0.39, 0.29) is 5.82 Å². The minimum Gasteiger partial charge on any atom is -0.313 e. The molecule has 1 aromatic carbocycles. The Morgan fingerprint density at radius 2 is 1.95 bits per heavy atom. The van der Waals surface area contributed by atoms with Gasteiger partial charge < -0.3 is 5.32 Å². The van der Waals surface area contributed by atoms with Gasteiger partial charge in [0.05, 0.1) is 0 Å². The number of rotatable bonds is 5. The predicted octanol–water partition coefficient (Wildman–Crippen LogP) is 3.95. The normalized spacial score (nSPS) is 28.5. The predicted molar refractivity (Wildman–Crippen MR) is 80.3 cm³/mol. The zero-order chi connectivity index (χ0) is 13.3. The highest BCUT2D eigenvalue weighted by Gasteiger charge is 2.38. The standard InChI is InChI=1S/C16H22FNS/c1-19-16(7-2-8-16)11-18-15-9-13(10-15)12-3-5-14(17)6-4-12/h3-6,13,15,18H,2,7-11H2,1H3. The fourth-order valence-electron chi connectivity index (χ4n) is 3.15. The molecule has 3 heteroatoms. The van der Waals surface area contributed by atoms with E-state index >= 15 is 0 Å². The van der Waals surface area contributed by atoms with E-state index in [1.807, 2.05) is 23.9 Å². The van der Waals surface area contributed by atoms with Crippen molar-refractivity contribution in [1.29, 1.82) is 0 Å². The number of hydrogen-bond donors (Lipinski definition) is 1. The van der Waals surface area contributed by atoms with Crippen molar-refractivity contribution < 1.29 is 4.39 Å². The van der Waals surface area contributed by atoms with Gasteiger partial charge in [0.1, 0.15) is 5.82 Å². The van der Waals surface area contributed by atoms with Gasteiger partial charge in [-0.25, -0.2) is 4.39 Å². The van der Waals surface area contributed by atoms with Crippen LogP contribution in [0, 0.1) is 5.82 Å². The van der Waals surface area contributed by atoms with Crippen LogP contribution >= 0.6 is 11.8 Å². The molecule has 0 amide bonds. The van der Waals surface area contributed by atoms with E-state index in [4.69, 9.17) is 0 Å². The molecule has 104 valence electrons. The highest BCUT2D eigenvalue weighted by Crippen LogP contribution is 2.43. The molecule has 19 heavy (non-hydrogen) atoms. The number of hydrogen-bond acceptors (Lipinski definition) is 2. The van der Waals surface area contributed by atoms with Crippen LogP contribution in [0.5, 0.6) is 0 Å². The van der Waals surface area contributed by atoms with E-state index in [1.165, 1.54) is 37.7 Å². The van der Waals surface area contributed by atoms with Gasteiger partial charge in [0.15, 0.2) is 0 Å². The van der Waals surface area contributed by atoms with Gasteiger partial charge in [-0.05, 0) is 55.6 Å². The van der Waals surface area contributed by atoms with Gasteiger partial charge >= 0.3 is 0 Å². The summed E-state index contributed by atoms with van der Waals surface area (Å²) in [5.41, 5.74) is 1.29. The molecule has 1 N–H and O–H groups in total. The Morgan fingerprint density at radius 1 is 1.26 bits per heavy atom. The Kier molecular flexibility index (Phi) is 3.86. The average Bonchev–Trinajstić information content (AvgIpc) is 2.32. The monoisotopic (exact) mass is 279 g/mol. The Labute approximate surface area is 119 Å². The molecule has 0 aromatic heterocycles. The van der Waals surface area contributed by atoms with Crippen LogP contribution in [0.1, 0.15) is 43.6 Å². The van der Waals surface area contributed by atoms with Crippen molar-refractivity contribution in [2.75, 3.05) is 12.8 Å². The van der Waals surface area contributed by atoms with Crippen molar-refractivity contribution in [1.82, 2.24) is 5.32 Å². The maximum atomic E-state index is 12.9. The van der Waals surface area contributed by atoms with Crippen LogP contribution in [0.25, 0.3) is 0 Å². The molecule has 0 spiro atoms. The topological polar surface area (TPSA) is 12.0 Å². The van der Waals surface area contributed by atoms with Crippen LogP contribution in [0.2, 0.25) is 0 Å². The fraction of sp³-hybridized carbons (Fsp3) is 0.625. The molecule has 3 rings (SSSR count). The van der Waals surface area contributed by atoms with E-state index in [1.54, 1.807) is 12.1 Å². The van der Waals surface area contributed by atoms with Gasteiger partial charge in [0.2, 0.25) is 0 Å². The van der Waals surface area contributed by atoms with Crippen LogP contribution in [-0.4, -0.2) is 23.6 Å². The quantitative estimate of drug-likeness (QED) is 0.876.